The van der Waals surface area contributed by atoms with E-state index in [1.807, 2.05) is 6.92 Å². The van der Waals surface area contributed by atoms with Crippen molar-refractivity contribution in [2.24, 2.45) is 4.99 Å². The third kappa shape index (κ3) is 2.79. The van der Waals surface area contributed by atoms with Gasteiger partial charge in [0.25, 0.3) is 0 Å². The summed E-state index contributed by atoms with van der Waals surface area (Å²) in [7, 11) is 0. The smallest absolute Gasteiger partial charge is 0.212 e. The maximum atomic E-state index is 13.5. The predicted molar refractivity (Wildman–Crippen MR) is 99.5 cm³/mol. The number of pyridine rings is 2. The van der Waals surface area contributed by atoms with Crippen molar-refractivity contribution in [1.82, 2.24) is 15.3 Å². The van der Waals surface area contributed by atoms with Gasteiger partial charge >= 0.3 is 0 Å². The lowest BCUT2D eigenvalue weighted by molar-refractivity contribution is 0.430. The van der Waals surface area contributed by atoms with Crippen LogP contribution in [-0.4, -0.2) is 21.8 Å². The number of nitrogens with zero attached hydrogens (tertiary/aromatic N) is 4. The van der Waals surface area contributed by atoms with Crippen LogP contribution in [0, 0.1) is 23.1 Å². The van der Waals surface area contributed by atoms with Crippen molar-refractivity contribution in [3.8, 4) is 6.07 Å². The highest BCUT2D eigenvalue weighted by atomic mass is 19.1. The molecule has 3 heterocycles. The number of rotatable bonds is 3. The maximum Gasteiger partial charge on any atom is 0.212 e. The molecule has 0 radical (unpaired) electrons. The summed E-state index contributed by atoms with van der Waals surface area (Å²) in [4.78, 5) is 12.5. The summed E-state index contributed by atoms with van der Waals surface area (Å²) in [6.07, 6.45) is 4.50. The van der Waals surface area contributed by atoms with E-state index in [4.69, 9.17) is 4.99 Å². The summed E-state index contributed by atoms with van der Waals surface area (Å²) in [6, 6.07) is 12.5. The zero-order valence-corrected chi connectivity index (χ0v) is 14.9. The number of nitrogens with one attached hydrogen (secondary N) is 1. The van der Waals surface area contributed by atoms with E-state index in [1.54, 1.807) is 30.5 Å². The fourth-order valence-corrected chi connectivity index (χ4v) is 3.56. The van der Waals surface area contributed by atoms with E-state index in [-0.39, 0.29) is 11.9 Å². The van der Waals surface area contributed by atoms with Crippen LogP contribution in [0.15, 0.2) is 66.0 Å². The van der Waals surface area contributed by atoms with Crippen LogP contribution in [0.3, 0.4) is 0 Å². The van der Waals surface area contributed by atoms with E-state index in [1.165, 1.54) is 30.6 Å². The number of benzene rings is 1. The molecule has 28 heavy (non-hydrogen) atoms. The summed E-state index contributed by atoms with van der Waals surface area (Å²) in [5.74, 6) is -0.436. The summed E-state index contributed by atoms with van der Waals surface area (Å²) in [5.41, 5.74) is 1.54. The Hall–Kier alpha value is -3.66. The molecule has 0 aliphatic carbocycles. The van der Waals surface area contributed by atoms with Gasteiger partial charge in [-0.15, -0.1) is 0 Å². The average Bonchev–Trinajstić information content (AvgIpc) is 3.07. The minimum Gasteiger partial charge on any atom is -0.354 e. The van der Waals surface area contributed by atoms with Gasteiger partial charge in [0.05, 0.1) is 11.6 Å². The van der Waals surface area contributed by atoms with Gasteiger partial charge in [0, 0.05) is 29.7 Å². The zero-order valence-electron chi connectivity index (χ0n) is 14.9. The van der Waals surface area contributed by atoms with Crippen molar-refractivity contribution in [2.45, 2.75) is 18.5 Å². The average molecular weight is 375 g/mol. The lowest BCUT2D eigenvalue weighted by Gasteiger charge is -2.34. The Kier molecular flexibility index (Phi) is 4.32. The summed E-state index contributed by atoms with van der Waals surface area (Å²) in [5, 5.41) is 12.8. The minimum absolute atomic E-state index is 0.333. The highest BCUT2D eigenvalue weighted by Crippen LogP contribution is 2.38. The monoisotopic (exact) mass is 375 g/mol. The van der Waals surface area contributed by atoms with Crippen molar-refractivity contribution >= 4 is 5.84 Å². The molecule has 0 saturated carbocycles. The summed E-state index contributed by atoms with van der Waals surface area (Å²) in [6.45, 7) is 1.90. The number of amidine groups is 1. The van der Waals surface area contributed by atoms with Crippen molar-refractivity contribution in [2.75, 3.05) is 0 Å². The number of nitriles is 1. The minimum atomic E-state index is -0.889. The first kappa shape index (κ1) is 17.7. The van der Waals surface area contributed by atoms with Crippen LogP contribution in [0.25, 0.3) is 0 Å². The molecule has 3 aromatic rings. The Bertz CT molecular complexity index is 1040. The number of aliphatic imine (C=N–C) groups is 1. The molecule has 2 aromatic heterocycles. The van der Waals surface area contributed by atoms with Crippen LogP contribution in [0.5, 0.6) is 0 Å². The fraction of sp³-hybridized carbons (Fsp3) is 0.143. The summed E-state index contributed by atoms with van der Waals surface area (Å²) < 4.78 is 27.0. The second-order valence-electron chi connectivity index (χ2n) is 6.50. The van der Waals surface area contributed by atoms with Crippen molar-refractivity contribution in [3.63, 3.8) is 0 Å². The molecule has 1 unspecified atom stereocenters. The molecular weight excluding hydrogens is 360 g/mol. The molecule has 0 bridgehead atoms. The van der Waals surface area contributed by atoms with E-state index in [0.29, 0.717) is 22.5 Å². The van der Waals surface area contributed by atoms with Gasteiger partial charge in [0.2, 0.25) is 5.95 Å². The Balaban J connectivity index is 1.87. The number of halogens is 2. The second-order valence-corrected chi connectivity index (χ2v) is 6.50. The van der Waals surface area contributed by atoms with E-state index < -0.39 is 11.5 Å². The molecule has 0 amide bonds. The van der Waals surface area contributed by atoms with Crippen LogP contribution in [-0.2, 0) is 5.54 Å². The third-order valence-electron chi connectivity index (χ3n) is 4.94. The topological polar surface area (TPSA) is 74.0 Å². The predicted octanol–water partition coefficient (Wildman–Crippen LogP) is 3.31. The van der Waals surface area contributed by atoms with Crippen LogP contribution in [0.2, 0.25) is 0 Å². The quantitative estimate of drug-likeness (QED) is 0.713. The summed E-state index contributed by atoms with van der Waals surface area (Å²) >= 11 is 0. The van der Waals surface area contributed by atoms with Gasteiger partial charge in [-0.05, 0) is 36.8 Å². The molecule has 0 spiro atoms. The molecule has 1 N–H and O–H groups in total. The Morgan fingerprint density at radius 3 is 2.46 bits per heavy atom. The van der Waals surface area contributed by atoms with Gasteiger partial charge in [0.15, 0.2) is 0 Å². The second kappa shape index (κ2) is 6.82. The molecular formula is C21H15F2N5. The lowest BCUT2D eigenvalue weighted by Crippen LogP contribution is -2.48. The van der Waals surface area contributed by atoms with Crippen LogP contribution >= 0.6 is 0 Å². The van der Waals surface area contributed by atoms with Crippen LogP contribution in [0.4, 0.5) is 8.78 Å². The Morgan fingerprint density at radius 1 is 1.04 bits per heavy atom. The molecule has 1 aromatic carbocycles. The fourth-order valence-electron chi connectivity index (χ4n) is 3.56. The normalized spacial score (nSPS) is 20.9. The molecule has 2 atom stereocenters. The lowest BCUT2D eigenvalue weighted by atomic mass is 9.79. The molecule has 1 aliphatic heterocycles. The van der Waals surface area contributed by atoms with Gasteiger partial charge < -0.3 is 5.32 Å². The van der Waals surface area contributed by atoms with Crippen molar-refractivity contribution in [1.29, 1.82) is 5.26 Å². The van der Waals surface area contributed by atoms with Gasteiger partial charge in [0.1, 0.15) is 23.3 Å². The van der Waals surface area contributed by atoms with Crippen LogP contribution < -0.4 is 5.32 Å². The molecule has 5 nitrogen and oxygen atoms in total. The molecule has 0 fully saturated rings. The zero-order chi connectivity index (χ0) is 19.7. The number of hydrogen-bond donors (Lipinski definition) is 1. The van der Waals surface area contributed by atoms with Gasteiger partial charge in [-0.2, -0.15) is 9.65 Å². The Labute approximate surface area is 160 Å². The van der Waals surface area contributed by atoms with Crippen LogP contribution in [0.1, 0.15) is 29.2 Å². The van der Waals surface area contributed by atoms with Gasteiger partial charge in [-0.3, -0.25) is 9.98 Å². The maximum absolute atomic E-state index is 13.5. The highest BCUT2D eigenvalue weighted by Gasteiger charge is 2.45. The molecule has 7 heteroatoms. The van der Waals surface area contributed by atoms with E-state index in [9.17, 15) is 14.0 Å². The number of hydrogen-bond acceptors (Lipinski definition) is 5. The third-order valence-corrected chi connectivity index (χ3v) is 4.94. The van der Waals surface area contributed by atoms with E-state index >= 15 is 0 Å². The molecule has 1 aliphatic rings. The molecule has 0 saturated heterocycles. The first-order chi connectivity index (χ1) is 13.5. The van der Waals surface area contributed by atoms with E-state index in [2.05, 4.69) is 21.4 Å². The standard InChI is InChI=1S/C21H15F2N5/c1-13-21(15-2-5-17(22)6-3-15,16-4-7-19(23)26-12-16)28-20(27-13)18-8-9-25-11-14(18)10-24/h2-9,11-13H,1H3,(H,27,28)/t13-,21?/m1/s1. The first-order valence-corrected chi connectivity index (χ1v) is 8.63. The van der Waals surface area contributed by atoms with Crippen molar-refractivity contribution < 1.29 is 8.78 Å². The van der Waals surface area contributed by atoms with Gasteiger partial charge in [-0.1, -0.05) is 18.2 Å². The largest absolute Gasteiger partial charge is 0.354 e. The van der Waals surface area contributed by atoms with Gasteiger partial charge in [-0.25, -0.2) is 9.37 Å². The SMILES string of the molecule is C[C@H]1N=C(c2ccncc2C#N)NC1(c1ccc(F)cc1)c1ccc(F)nc1. The van der Waals surface area contributed by atoms with E-state index in [0.717, 1.165) is 5.56 Å². The number of aromatic nitrogens is 2. The van der Waals surface area contributed by atoms with Crippen molar-refractivity contribution in [3.05, 3.63) is 95.1 Å². The first-order valence-electron chi connectivity index (χ1n) is 8.63. The Morgan fingerprint density at radius 2 is 1.79 bits per heavy atom. The highest BCUT2D eigenvalue weighted by molar-refractivity contribution is 6.03. The molecule has 138 valence electrons. The molecule has 4 rings (SSSR count).